The van der Waals surface area contributed by atoms with Crippen molar-refractivity contribution in [2.75, 3.05) is 32.7 Å². The highest BCUT2D eigenvalue weighted by Gasteiger charge is 2.35. The molecule has 1 aromatic rings. The third-order valence-corrected chi connectivity index (χ3v) is 8.87. The highest BCUT2D eigenvalue weighted by atomic mass is 32.2. The van der Waals surface area contributed by atoms with E-state index in [2.05, 4.69) is 5.32 Å². The van der Waals surface area contributed by atoms with Gasteiger partial charge in [-0.15, -0.1) is 0 Å². The van der Waals surface area contributed by atoms with Gasteiger partial charge < -0.3 is 5.32 Å². The number of rotatable bonds is 7. The van der Waals surface area contributed by atoms with Gasteiger partial charge in [0.25, 0.3) is 10.2 Å². The molecule has 174 valence electrons. The predicted octanol–water partition coefficient (Wildman–Crippen LogP) is 0.826. The van der Waals surface area contributed by atoms with Gasteiger partial charge in [-0.1, -0.05) is 25.0 Å². The van der Waals surface area contributed by atoms with Crippen LogP contribution in [0.1, 0.15) is 44.1 Å². The Bertz CT molecular complexity index is 956. The summed E-state index contributed by atoms with van der Waals surface area (Å²) >= 11 is 0. The molecule has 2 aliphatic rings. The van der Waals surface area contributed by atoms with E-state index in [0.717, 1.165) is 31.2 Å². The van der Waals surface area contributed by atoms with E-state index >= 15 is 0 Å². The second-order valence-electron chi connectivity index (χ2n) is 8.25. The summed E-state index contributed by atoms with van der Waals surface area (Å²) in [5.74, 6) is -0.503. The van der Waals surface area contributed by atoms with Crippen molar-refractivity contribution >= 4 is 26.1 Å². The zero-order valence-corrected chi connectivity index (χ0v) is 19.3. The molecule has 2 fully saturated rings. The van der Waals surface area contributed by atoms with Crippen molar-refractivity contribution in [3.8, 4) is 0 Å². The van der Waals surface area contributed by atoms with E-state index in [1.807, 2.05) is 0 Å². The van der Waals surface area contributed by atoms with Crippen LogP contribution in [0.2, 0.25) is 0 Å². The Labute approximate surface area is 185 Å². The zero-order valence-electron chi connectivity index (χ0n) is 17.7. The second kappa shape index (κ2) is 10.4. The number of benzene rings is 1. The first-order chi connectivity index (χ1) is 14.7. The maximum Gasteiger partial charge on any atom is 0.281 e. The first-order valence-corrected chi connectivity index (χ1v) is 13.8. The Morgan fingerprint density at radius 2 is 1.55 bits per heavy atom. The fraction of sp³-hybridized carbons (Fsp3) is 0.650. The van der Waals surface area contributed by atoms with E-state index in [-0.39, 0.29) is 23.3 Å². The van der Waals surface area contributed by atoms with Crippen LogP contribution < -0.4 is 10.5 Å². The third-order valence-electron chi connectivity index (χ3n) is 5.94. The van der Waals surface area contributed by atoms with Gasteiger partial charge in [0.15, 0.2) is 0 Å². The normalized spacial score (nSPS) is 22.0. The van der Waals surface area contributed by atoms with Crippen LogP contribution in [0.3, 0.4) is 0 Å². The lowest BCUT2D eigenvalue weighted by Gasteiger charge is -2.34. The topological polar surface area (TPSA) is 130 Å². The second-order valence-corrected chi connectivity index (χ2v) is 11.7. The van der Waals surface area contributed by atoms with Crippen LogP contribution in [0.15, 0.2) is 29.2 Å². The van der Waals surface area contributed by atoms with E-state index in [9.17, 15) is 21.6 Å². The number of nitrogens with one attached hydrogen (secondary N) is 1. The molecule has 2 heterocycles. The fourth-order valence-electron chi connectivity index (χ4n) is 4.12. The smallest absolute Gasteiger partial charge is 0.281 e. The van der Waals surface area contributed by atoms with Gasteiger partial charge in [0.1, 0.15) is 0 Å². The average Bonchev–Trinajstić information content (AvgIpc) is 3.04. The number of nitrogens with zero attached hydrogens (tertiary/aromatic N) is 2. The van der Waals surface area contributed by atoms with Crippen LogP contribution in [0.5, 0.6) is 0 Å². The molecule has 9 nitrogen and oxygen atoms in total. The lowest BCUT2D eigenvalue weighted by atomic mass is 9.99. The number of nitrogens with two attached hydrogens (primary N) is 1. The van der Waals surface area contributed by atoms with Crippen molar-refractivity contribution in [3.63, 3.8) is 0 Å². The van der Waals surface area contributed by atoms with Crippen LogP contribution in [-0.4, -0.2) is 64.1 Å². The Hall–Kier alpha value is -1.53. The molecular weight excluding hydrogens is 440 g/mol. The molecule has 0 unspecified atom stereocenters. The lowest BCUT2D eigenvalue weighted by Crippen LogP contribution is -2.50. The van der Waals surface area contributed by atoms with Gasteiger partial charge in [-0.25, -0.2) is 13.6 Å². The predicted molar refractivity (Wildman–Crippen MR) is 118 cm³/mol. The van der Waals surface area contributed by atoms with Gasteiger partial charge >= 0.3 is 0 Å². The molecule has 1 aromatic carbocycles. The Kier molecular flexibility index (Phi) is 8.08. The molecule has 3 N–H and O–H groups in total. The molecule has 0 aliphatic carbocycles. The van der Waals surface area contributed by atoms with E-state index in [1.165, 1.54) is 16.4 Å². The number of primary sulfonamides is 1. The van der Waals surface area contributed by atoms with Crippen LogP contribution in [0.4, 0.5) is 0 Å². The highest BCUT2D eigenvalue weighted by molar-refractivity contribution is 7.89. The van der Waals surface area contributed by atoms with Crippen molar-refractivity contribution < 1.29 is 21.6 Å². The zero-order chi connectivity index (χ0) is 22.5. The van der Waals surface area contributed by atoms with Gasteiger partial charge in [0, 0.05) is 32.7 Å². The van der Waals surface area contributed by atoms with Crippen LogP contribution in [0, 0.1) is 5.92 Å². The first kappa shape index (κ1) is 24.1. The summed E-state index contributed by atoms with van der Waals surface area (Å²) < 4.78 is 51.7. The van der Waals surface area contributed by atoms with Gasteiger partial charge in [-0.3, -0.25) is 4.79 Å². The summed E-state index contributed by atoms with van der Waals surface area (Å²) in [6.45, 7) is 2.18. The SMILES string of the molecule is NS(=O)(=O)c1ccc(CCNC(=O)[C@@H]2CCCN(S(=O)(=O)N3CCCCCC3)C2)cc1. The largest absolute Gasteiger partial charge is 0.355 e. The van der Waals surface area contributed by atoms with E-state index < -0.39 is 20.2 Å². The summed E-state index contributed by atoms with van der Waals surface area (Å²) in [7, 11) is -7.25. The summed E-state index contributed by atoms with van der Waals surface area (Å²) in [5.41, 5.74) is 0.877. The number of piperidine rings is 1. The standard InChI is InChI=1S/C20H32N4O5S2/c21-30(26,27)19-9-7-17(8-10-19)11-12-22-20(25)18-6-5-15-24(16-18)31(28,29)23-13-3-1-2-4-14-23/h7-10,18H,1-6,11-16H2,(H,22,25)(H2,21,26,27)/t18-/m1/s1. The molecular formula is C20H32N4O5S2. The highest BCUT2D eigenvalue weighted by Crippen LogP contribution is 2.23. The fourth-order valence-corrected chi connectivity index (χ4v) is 6.41. The van der Waals surface area contributed by atoms with Crippen molar-refractivity contribution in [1.29, 1.82) is 0 Å². The number of amides is 1. The molecule has 2 aliphatic heterocycles. The minimum Gasteiger partial charge on any atom is -0.355 e. The van der Waals surface area contributed by atoms with Crippen LogP contribution in [-0.2, 0) is 31.4 Å². The van der Waals surface area contributed by atoms with Crippen molar-refractivity contribution in [1.82, 2.24) is 13.9 Å². The first-order valence-electron chi connectivity index (χ1n) is 10.8. The van der Waals surface area contributed by atoms with Gasteiger partial charge in [-0.2, -0.15) is 17.0 Å². The van der Waals surface area contributed by atoms with Gasteiger partial charge in [-0.05, 0) is 49.8 Å². The maximum atomic E-state index is 13.0. The van der Waals surface area contributed by atoms with E-state index in [4.69, 9.17) is 5.14 Å². The molecule has 0 saturated carbocycles. The summed E-state index contributed by atoms with van der Waals surface area (Å²) in [6.07, 6.45) is 5.76. The Balaban J connectivity index is 1.51. The molecule has 31 heavy (non-hydrogen) atoms. The van der Waals surface area contributed by atoms with Crippen LogP contribution >= 0.6 is 0 Å². The number of carbonyl (C=O) groups is 1. The monoisotopic (exact) mass is 472 g/mol. The number of sulfonamides is 1. The average molecular weight is 473 g/mol. The molecule has 2 saturated heterocycles. The Morgan fingerprint density at radius 3 is 2.16 bits per heavy atom. The van der Waals surface area contributed by atoms with Crippen LogP contribution in [0.25, 0.3) is 0 Å². The quantitative estimate of drug-likeness (QED) is 0.607. The van der Waals surface area contributed by atoms with E-state index in [1.54, 1.807) is 16.4 Å². The van der Waals surface area contributed by atoms with Crippen molar-refractivity contribution in [3.05, 3.63) is 29.8 Å². The lowest BCUT2D eigenvalue weighted by molar-refractivity contribution is -0.126. The number of hydrogen-bond donors (Lipinski definition) is 2. The van der Waals surface area contributed by atoms with Gasteiger partial charge in [0.2, 0.25) is 15.9 Å². The maximum absolute atomic E-state index is 13.0. The Morgan fingerprint density at radius 1 is 0.935 bits per heavy atom. The summed E-state index contributed by atoms with van der Waals surface area (Å²) in [4.78, 5) is 12.7. The van der Waals surface area contributed by atoms with Gasteiger partial charge in [0.05, 0.1) is 10.8 Å². The molecule has 1 amide bonds. The molecule has 0 bridgehead atoms. The number of carbonyl (C=O) groups excluding carboxylic acids is 1. The molecule has 0 spiro atoms. The molecule has 0 radical (unpaired) electrons. The number of hydrogen-bond acceptors (Lipinski definition) is 5. The summed E-state index contributed by atoms with van der Waals surface area (Å²) in [6, 6.07) is 6.22. The molecule has 3 rings (SSSR count). The molecule has 1 atom stereocenters. The van der Waals surface area contributed by atoms with E-state index in [0.29, 0.717) is 45.4 Å². The van der Waals surface area contributed by atoms with Crippen molar-refractivity contribution in [2.24, 2.45) is 11.1 Å². The molecule has 11 heteroatoms. The minimum absolute atomic E-state index is 0.0493. The molecule has 0 aromatic heterocycles. The third kappa shape index (κ3) is 6.48. The minimum atomic E-state index is -3.72. The summed E-state index contributed by atoms with van der Waals surface area (Å²) in [5, 5.41) is 7.98. The van der Waals surface area contributed by atoms with Crippen molar-refractivity contribution in [2.45, 2.75) is 49.8 Å².